The molecule has 14 heteroatoms. The number of carbonyl (C=O) groups excluding carboxylic acids is 1. The Morgan fingerprint density at radius 2 is 1.78 bits per heavy atom. The van der Waals surface area contributed by atoms with Gasteiger partial charge in [-0.1, -0.05) is 6.07 Å². The Labute approximate surface area is 231 Å². The van der Waals surface area contributed by atoms with Crippen molar-refractivity contribution in [1.82, 2.24) is 19.4 Å². The number of aryl methyl sites for hydroxylation is 1. The molecule has 0 bridgehead atoms. The molecule has 41 heavy (non-hydrogen) atoms. The highest BCUT2D eigenvalue weighted by atomic mass is 19.4. The van der Waals surface area contributed by atoms with E-state index in [0.29, 0.717) is 17.0 Å². The standard InChI is InChI=1S/C27H26F5N7O2/c1-13-19(39-10-6-9-17(23(39)35-13)41-11-14-15(28)7-5-8-16(14)29)22-36-20(34-12-26(4,33)27(30,31)32)18-21(37-22)38-24(40)25(18,2)3/h5-10H,11-12,33H2,1-4H3,(H2,34,36,37,38,40). The van der Waals surface area contributed by atoms with Gasteiger partial charge in [0, 0.05) is 12.7 Å². The van der Waals surface area contributed by atoms with Gasteiger partial charge in [0.05, 0.1) is 22.2 Å². The van der Waals surface area contributed by atoms with E-state index in [2.05, 4.69) is 25.6 Å². The zero-order valence-corrected chi connectivity index (χ0v) is 22.5. The lowest BCUT2D eigenvalue weighted by Gasteiger charge is -2.29. The van der Waals surface area contributed by atoms with Crippen molar-refractivity contribution < 1.29 is 31.5 Å². The summed E-state index contributed by atoms with van der Waals surface area (Å²) >= 11 is 0. The van der Waals surface area contributed by atoms with Gasteiger partial charge in [0.25, 0.3) is 0 Å². The second-order valence-electron chi connectivity index (χ2n) is 10.6. The first-order valence-electron chi connectivity index (χ1n) is 12.5. The molecule has 3 aromatic heterocycles. The summed E-state index contributed by atoms with van der Waals surface area (Å²) in [5, 5.41) is 5.36. The van der Waals surface area contributed by atoms with Crippen LogP contribution in [0.5, 0.6) is 5.75 Å². The first kappa shape index (κ1) is 28.2. The fourth-order valence-electron chi connectivity index (χ4n) is 4.48. The van der Waals surface area contributed by atoms with E-state index >= 15 is 0 Å². The van der Waals surface area contributed by atoms with Gasteiger partial charge in [0.2, 0.25) is 5.91 Å². The number of hydrogen-bond acceptors (Lipinski definition) is 7. The first-order valence-corrected chi connectivity index (χ1v) is 12.5. The lowest BCUT2D eigenvalue weighted by molar-refractivity contribution is -0.176. The number of aromatic nitrogens is 4. The van der Waals surface area contributed by atoms with E-state index in [-0.39, 0.29) is 34.4 Å². The van der Waals surface area contributed by atoms with E-state index in [9.17, 15) is 26.7 Å². The van der Waals surface area contributed by atoms with Crippen LogP contribution in [-0.4, -0.2) is 43.5 Å². The van der Waals surface area contributed by atoms with Crippen molar-refractivity contribution in [3.8, 4) is 17.3 Å². The van der Waals surface area contributed by atoms with Gasteiger partial charge in [-0.05, 0) is 52.0 Å². The van der Waals surface area contributed by atoms with Crippen LogP contribution >= 0.6 is 0 Å². The molecule has 1 aliphatic rings. The molecule has 0 saturated carbocycles. The van der Waals surface area contributed by atoms with Crippen molar-refractivity contribution in [2.45, 2.75) is 51.4 Å². The molecule has 0 saturated heterocycles. The van der Waals surface area contributed by atoms with Crippen LogP contribution in [0.15, 0.2) is 36.5 Å². The highest BCUT2D eigenvalue weighted by molar-refractivity contribution is 6.06. The Bertz CT molecular complexity index is 1660. The van der Waals surface area contributed by atoms with E-state index < -0.39 is 47.8 Å². The SMILES string of the molecule is Cc1nc2c(OCc3c(F)cccc3F)cccn2c1-c1nc(NCC(C)(N)C(F)(F)F)c2c(n1)NC(=O)C2(C)C. The maximum atomic E-state index is 14.1. The number of anilines is 2. The normalized spacial score (nSPS) is 15.9. The van der Waals surface area contributed by atoms with Gasteiger partial charge >= 0.3 is 6.18 Å². The number of carbonyl (C=O) groups is 1. The second kappa shape index (κ2) is 9.65. The van der Waals surface area contributed by atoms with Gasteiger partial charge in [-0.2, -0.15) is 13.2 Å². The van der Waals surface area contributed by atoms with Crippen molar-refractivity contribution in [2.75, 3.05) is 17.2 Å². The van der Waals surface area contributed by atoms with Crippen molar-refractivity contribution >= 4 is 23.2 Å². The summed E-state index contributed by atoms with van der Waals surface area (Å²) in [6, 6.07) is 6.69. The molecule has 9 nitrogen and oxygen atoms in total. The zero-order chi connectivity index (χ0) is 29.9. The quantitative estimate of drug-likeness (QED) is 0.269. The molecule has 0 aliphatic carbocycles. The molecule has 4 aromatic rings. The molecule has 1 unspecified atom stereocenters. The van der Waals surface area contributed by atoms with Crippen molar-refractivity contribution in [3.05, 3.63) is 65.0 Å². The Balaban J connectivity index is 1.58. The Kier molecular flexibility index (Phi) is 6.64. The molecule has 0 radical (unpaired) electrons. The fraction of sp³-hybridized carbons (Fsp3) is 0.333. The number of ether oxygens (including phenoxy) is 1. The molecule has 4 N–H and O–H groups in total. The van der Waals surface area contributed by atoms with E-state index in [0.717, 1.165) is 19.1 Å². The van der Waals surface area contributed by atoms with Crippen LogP contribution in [0.3, 0.4) is 0 Å². The summed E-state index contributed by atoms with van der Waals surface area (Å²) in [6.45, 7) is 4.60. The van der Waals surface area contributed by atoms with Crippen molar-refractivity contribution in [1.29, 1.82) is 0 Å². The average Bonchev–Trinajstić information content (AvgIpc) is 3.33. The molecule has 216 valence electrons. The van der Waals surface area contributed by atoms with Gasteiger partial charge < -0.3 is 21.1 Å². The lowest BCUT2D eigenvalue weighted by atomic mass is 9.87. The smallest absolute Gasteiger partial charge is 0.407 e. The van der Waals surface area contributed by atoms with E-state index in [1.165, 1.54) is 6.07 Å². The molecule has 1 aromatic carbocycles. The molecule has 5 rings (SSSR count). The summed E-state index contributed by atoms with van der Waals surface area (Å²) in [5.74, 6) is -1.51. The fourth-order valence-corrected chi connectivity index (χ4v) is 4.48. The molecular weight excluding hydrogens is 549 g/mol. The number of fused-ring (bicyclic) bond motifs is 2. The van der Waals surface area contributed by atoms with Crippen LogP contribution in [-0.2, 0) is 16.8 Å². The number of imidazole rings is 1. The molecule has 1 aliphatic heterocycles. The van der Waals surface area contributed by atoms with Crippen LogP contribution in [0.1, 0.15) is 37.6 Å². The minimum Gasteiger partial charge on any atom is -0.485 e. The molecule has 1 atom stereocenters. The molecule has 0 spiro atoms. The van der Waals surface area contributed by atoms with Crippen molar-refractivity contribution in [2.24, 2.45) is 5.73 Å². The van der Waals surface area contributed by atoms with Crippen LogP contribution in [0.25, 0.3) is 17.2 Å². The number of halogens is 5. The van der Waals surface area contributed by atoms with Crippen LogP contribution in [0.2, 0.25) is 0 Å². The minimum atomic E-state index is -4.71. The number of amides is 1. The van der Waals surface area contributed by atoms with E-state index in [1.54, 1.807) is 43.5 Å². The Hall–Kier alpha value is -4.33. The topological polar surface area (TPSA) is 119 Å². The predicted molar refractivity (Wildman–Crippen MR) is 140 cm³/mol. The molecular formula is C27H26F5N7O2. The molecule has 0 fully saturated rings. The van der Waals surface area contributed by atoms with Crippen LogP contribution in [0.4, 0.5) is 33.6 Å². The number of rotatable bonds is 7. The molecule has 4 heterocycles. The first-order chi connectivity index (χ1) is 19.1. The summed E-state index contributed by atoms with van der Waals surface area (Å²) in [5.41, 5.74) is 2.91. The van der Waals surface area contributed by atoms with Gasteiger partial charge in [0.15, 0.2) is 17.2 Å². The van der Waals surface area contributed by atoms with Gasteiger partial charge in [-0.15, -0.1) is 0 Å². The Morgan fingerprint density at radius 1 is 1.10 bits per heavy atom. The summed E-state index contributed by atoms with van der Waals surface area (Å²) in [4.78, 5) is 26.3. The maximum absolute atomic E-state index is 14.1. The Morgan fingerprint density at radius 3 is 2.44 bits per heavy atom. The minimum absolute atomic E-state index is 0.00561. The second-order valence-corrected chi connectivity index (χ2v) is 10.6. The lowest BCUT2D eigenvalue weighted by Crippen LogP contribution is -2.55. The van der Waals surface area contributed by atoms with Gasteiger partial charge in [-0.3, -0.25) is 9.20 Å². The van der Waals surface area contributed by atoms with Gasteiger partial charge in [-0.25, -0.2) is 23.7 Å². The van der Waals surface area contributed by atoms with Gasteiger partial charge in [0.1, 0.15) is 41.1 Å². The number of nitrogens with zero attached hydrogens (tertiary/aromatic N) is 4. The summed E-state index contributed by atoms with van der Waals surface area (Å²) in [6.07, 6.45) is -3.07. The summed E-state index contributed by atoms with van der Waals surface area (Å²) in [7, 11) is 0. The zero-order valence-electron chi connectivity index (χ0n) is 22.5. The number of alkyl halides is 3. The third kappa shape index (κ3) is 4.81. The van der Waals surface area contributed by atoms with E-state index in [4.69, 9.17) is 10.5 Å². The maximum Gasteiger partial charge on any atom is 0.407 e. The van der Waals surface area contributed by atoms with Crippen molar-refractivity contribution in [3.63, 3.8) is 0 Å². The van der Waals surface area contributed by atoms with Crippen LogP contribution < -0.4 is 21.1 Å². The number of nitrogens with two attached hydrogens (primary N) is 1. The highest BCUT2D eigenvalue weighted by Gasteiger charge is 2.49. The largest absolute Gasteiger partial charge is 0.485 e. The summed E-state index contributed by atoms with van der Waals surface area (Å²) < 4.78 is 76.0. The number of hydrogen-bond donors (Lipinski definition) is 3. The highest BCUT2D eigenvalue weighted by Crippen LogP contribution is 2.42. The number of benzene rings is 1. The third-order valence-corrected chi connectivity index (χ3v) is 7.04. The van der Waals surface area contributed by atoms with E-state index in [1.807, 2.05) is 0 Å². The monoisotopic (exact) mass is 575 g/mol. The molecule has 1 amide bonds. The number of pyridine rings is 1. The third-order valence-electron chi connectivity index (χ3n) is 7.04. The predicted octanol–water partition coefficient (Wildman–Crippen LogP) is 4.88. The number of nitrogens with one attached hydrogen (secondary N) is 2. The van der Waals surface area contributed by atoms with Crippen LogP contribution in [0, 0.1) is 18.6 Å². The average molecular weight is 576 g/mol.